The minimum absolute atomic E-state index is 0.0125. The van der Waals surface area contributed by atoms with E-state index in [0.717, 1.165) is 5.39 Å². The Kier molecular flexibility index (Phi) is 3.72. The first-order valence-electron chi connectivity index (χ1n) is 7.32. The van der Waals surface area contributed by atoms with Crippen molar-refractivity contribution in [2.45, 2.75) is 5.92 Å². The first-order chi connectivity index (χ1) is 11.9. The van der Waals surface area contributed by atoms with Gasteiger partial charge in [0.15, 0.2) is 11.6 Å². The molecular weight excluding hydrogens is 383 g/mol. The molecule has 3 aromatic rings. The highest BCUT2D eigenvalue weighted by atomic mass is 35.5. The van der Waals surface area contributed by atoms with Crippen LogP contribution in [0.15, 0.2) is 36.4 Å². The predicted molar refractivity (Wildman–Crippen MR) is 99.0 cm³/mol. The summed E-state index contributed by atoms with van der Waals surface area (Å²) in [6.07, 6.45) is 0. The van der Waals surface area contributed by atoms with Crippen molar-refractivity contribution < 1.29 is 9.59 Å². The molecule has 0 saturated heterocycles. The fourth-order valence-electron chi connectivity index (χ4n) is 3.08. The van der Waals surface area contributed by atoms with Crippen LogP contribution in [-0.2, 0) is 0 Å². The lowest BCUT2D eigenvalue weighted by atomic mass is 9.98. The molecular formula is C18H9Cl3N2O2. The molecule has 2 N–H and O–H groups in total. The van der Waals surface area contributed by atoms with Gasteiger partial charge in [-0.25, -0.2) is 0 Å². The van der Waals surface area contributed by atoms with Crippen molar-refractivity contribution in [1.29, 1.82) is 0 Å². The molecule has 1 aromatic heterocycles. The summed E-state index contributed by atoms with van der Waals surface area (Å²) in [6, 6.07) is 10.9. The van der Waals surface area contributed by atoms with E-state index in [9.17, 15) is 9.59 Å². The van der Waals surface area contributed by atoms with Gasteiger partial charge in [0.1, 0.15) is 5.92 Å². The molecule has 0 fully saturated rings. The van der Waals surface area contributed by atoms with Crippen molar-refractivity contribution >= 4 is 63.0 Å². The number of halogens is 3. The topological polar surface area (TPSA) is 73.1 Å². The number of benzene rings is 2. The number of Topliss-reactive ketones (excluding diaryl/α,β-unsaturated/α-hetero) is 2. The molecule has 0 aliphatic heterocycles. The summed E-state index contributed by atoms with van der Waals surface area (Å²) < 4.78 is 0. The van der Waals surface area contributed by atoms with Gasteiger partial charge in [-0.2, -0.15) is 0 Å². The maximum absolute atomic E-state index is 12.9. The Hall–Kier alpha value is -2.14. The Bertz CT molecular complexity index is 1050. The molecule has 0 radical (unpaired) electrons. The molecule has 0 bridgehead atoms. The summed E-state index contributed by atoms with van der Waals surface area (Å²) >= 11 is 18.2. The monoisotopic (exact) mass is 390 g/mol. The zero-order valence-electron chi connectivity index (χ0n) is 12.5. The van der Waals surface area contributed by atoms with Crippen LogP contribution in [0.5, 0.6) is 0 Å². The first-order valence-corrected chi connectivity index (χ1v) is 8.45. The molecule has 0 saturated carbocycles. The number of nitrogens with zero attached hydrogens (tertiary/aromatic N) is 1. The van der Waals surface area contributed by atoms with Crippen LogP contribution in [0.2, 0.25) is 15.1 Å². The highest BCUT2D eigenvalue weighted by Gasteiger charge is 2.44. The van der Waals surface area contributed by atoms with Crippen molar-refractivity contribution in [3.63, 3.8) is 0 Å². The van der Waals surface area contributed by atoms with Gasteiger partial charge in [-0.15, -0.1) is 0 Å². The van der Waals surface area contributed by atoms with Crippen LogP contribution in [0.4, 0.5) is 5.69 Å². The molecule has 1 aliphatic rings. The number of ketones is 2. The van der Waals surface area contributed by atoms with Crippen LogP contribution in [0.3, 0.4) is 0 Å². The molecule has 1 unspecified atom stereocenters. The number of fused-ring (bicyclic) bond motifs is 2. The fraction of sp³-hybridized carbons (Fsp3) is 0.0556. The van der Waals surface area contributed by atoms with Crippen LogP contribution < -0.4 is 5.73 Å². The van der Waals surface area contributed by atoms with Gasteiger partial charge < -0.3 is 5.73 Å². The number of carbonyl (C=O) groups is 2. The number of carbonyl (C=O) groups excluding carboxylic acids is 2. The summed E-state index contributed by atoms with van der Waals surface area (Å²) in [5.74, 6) is -2.05. The molecule has 2 aromatic carbocycles. The molecule has 7 heteroatoms. The van der Waals surface area contributed by atoms with Crippen LogP contribution in [0.25, 0.3) is 10.9 Å². The lowest BCUT2D eigenvalue weighted by Gasteiger charge is -2.08. The van der Waals surface area contributed by atoms with Gasteiger partial charge >= 0.3 is 0 Å². The fourth-order valence-corrected chi connectivity index (χ4v) is 3.80. The zero-order chi connectivity index (χ0) is 17.9. The second kappa shape index (κ2) is 5.70. The van der Waals surface area contributed by atoms with E-state index in [1.54, 1.807) is 6.07 Å². The van der Waals surface area contributed by atoms with Gasteiger partial charge in [0.2, 0.25) is 0 Å². The minimum atomic E-state index is -1.10. The maximum Gasteiger partial charge on any atom is 0.182 e. The second-order valence-corrected chi connectivity index (χ2v) is 6.83. The zero-order valence-corrected chi connectivity index (χ0v) is 14.8. The summed E-state index contributed by atoms with van der Waals surface area (Å²) in [6.45, 7) is 0. The Morgan fingerprint density at radius 1 is 0.840 bits per heavy atom. The molecule has 0 amide bonds. The van der Waals surface area contributed by atoms with E-state index in [0.29, 0.717) is 11.2 Å². The third kappa shape index (κ3) is 2.25. The van der Waals surface area contributed by atoms with Gasteiger partial charge in [0, 0.05) is 5.39 Å². The number of nitrogen functional groups attached to an aromatic ring is 1. The highest BCUT2D eigenvalue weighted by Crippen LogP contribution is 2.47. The van der Waals surface area contributed by atoms with Crippen molar-refractivity contribution in [3.8, 4) is 0 Å². The Balaban J connectivity index is 1.93. The second-order valence-electron chi connectivity index (χ2n) is 5.70. The summed E-state index contributed by atoms with van der Waals surface area (Å²) in [5, 5.41) is 0.786. The van der Waals surface area contributed by atoms with E-state index in [-0.39, 0.29) is 31.9 Å². The summed E-state index contributed by atoms with van der Waals surface area (Å²) in [4.78, 5) is 30.2. The number of anilines is 1. The molecule has 0 spiro atoms. The van der Waals surface area contributed by atoms with E-state index in [2.05, 4.69) is 4.98 Å². The average Bonchev–Trinajstić information content (AvgIpc) is 2.88. The van der Waals surface area contributed by atoms with E-state index >= 15 is 0 Å². The summed E-state index contributed by atoms with van der Waals surface area (Å²) in [7, 11) is 0. The number of rotatable bonds is 1. The molecule has 4 nitrogen and oxygen atoms in total. The van der Waals surface area contributed by atoms with Crippen molar-refractivity contribution in [2.75, 3.05) is 5.73 Å². The quantitative estimate of drug-likeness (QED) is 0.362. The normalized spacial score (nSPS) is 16.5. The Labute approximate surface area is 157 Å². The van der Waals surface area contributed by atoms with Crippen LogP contribution in [-0.4, -0.2) is 16.6 Å². The number of para-hydroxylation sites is 1. The van der Waals surface area contributed by atoms with Crippen LogP contribution in [0.1, 0.15) is 32.3 Å². The van der Waals surface area contributed by atoms with E-state index in [4.69, 9.17) is 40.5 Å². The first kappa shape index (κ1) is 16.3. The molecule has 1 atom stereocenters. The van der Waals surface area contributed by atoms with Crippen molar-refractivity contribution in [3.05, 3.63) is 68.3 Å². The van der Waals surface area contributed by atoms with E-state index in [1.165, 1.54) is 0 Å². The molecule has 124 valence electrons. The van der Waals surface area contributed by atoms with Gasteiger partial charge in [-0.05, 0) is 12.1 Å². The van der Waals surface area contributed by atoms with Crippen LogP contribution in [0, 0.1) is 0 Å². The Morgan fingerprint density at radius 3 is 2.28 bits per heavy atom. The third-order valence-electron chi connectivity index (χ3n) is 4.29. The van der Waals surface area contributed by atoms with E-state index in [1.807, 2.05) is 30.3 Å². The highest BCUT2D eigenvalue weighted by molar-refractivity contribution is 6.52. The smallest absolute Gasteiger partial charge is 0.182 e. The van der Waals surface area contributed by atoms with Crippen molar-refractivity contribution in [1.82, 2.24) is 4.98 Å². The number of hydrogen-bond donors (Lipinski definition) is 1. The molecule has 1 heterocycles. The van der Waals surface area contributed by atoms with Gasteiger partial charge in [-0.1, -0.05) is 59.1 Å². The lowest BCUT2D eigenvalue weighted by molar-refractivity contribution is 0.0888. The SMILES string of the molecule is Nc1c(Cl)c(Cl)c(Cl)c2c1C(=O)C(c1ccc3ccccc3n1)C2=O. The average molecular weight is 392 g/mol. The maximum atomic E-state index is 12.9. The standard InChI is InChI=1S/C18H9Cl3N2O2/c19-13-11-12(16(22)15(21)14(13)20)18(25)10(17(11)24)9-6-5-7-3-1-2-4-8(7)23-9/h1-6,10H,22H2. The number of hydrogen-bond acceptors (Lipinski definition) is 4. The molecule has 1 aliphatic carbocycles. The Morgan fingerprint density at radius 2 is 1.52 bits per heavy atom. The third-order valence-corrected chi connectivity index (χ3v) is 5.64. The lowest BCUT2D eigenvalue weighted by Crippen LogP contribution is -2.14. The van der Waals surface area contributed by atoms with Gasteiger partial charge in [0.25, 0.3) is 0 Å². The van der Waals surface area contributed by atoms with Gasteiger partial charge in [-0.3, -0.25) is 14.6 Å². The molecule has 4 rings (SSSR count). The van der Waals surface area contributed by atoms with Crippen molar-refractivity contribution in [2.24, 2.45) is 0 Å². The van der Waals surface area contributed by atoms with E-state index < -0.39 is 17.5 Å². The van der Waals surface area contributed by atoms with Gasteiger partial charge in [0.05, 0.1) is 43.1 Å². The molecule has 25 heavy (non-hydrogen) atoms. The largest absolute Gasteiger partial charge is 0.397 e. The number of aromatic nitrogens is 1. The van der Waals surface area contributed by atoms with Crippen LogP contribution >= 0.6 is 34.8 Å². The number of pyridine rings is 1. The predicted octanol–water partition coefficient (Wildman–Crippen LogP) is 4.94. The minimum Gasteiger partial charge on any atom is -0.397 e. The number of nitrogens with two attached hydrogens (primary N) is 1. The summed E-state index contributed by atoms with van der Waals surface area (Å²) in [5.41, 5.74) is 6.94.